The van der Waals surface area contributed by atoms with Gasteiger partial charge in [0.2, 0.25) is 0 Å². The van der Waals surface area contributed by atoms with Crippen LogP contribution in [-0.4, -0.2) is 23.7 Å². The topological polar surface area (TPSA) is 74.7 Å². The monoisotopic (exact) mass is 219 g/mol. The fourth-order valence-corrected chi connectivity index (χ4v) is 1.29. The highest BCUT2D eigenvalue weighted by atomic mass is 16.3. The Bertz CT molecular complexity index is 435. The summed E-state index contributed by atoms with van der Waals surface area (Å²) < 4.78 is 0. The zero-order valence-corrected chi connectivity index (χ0v) is 8.29. The lowest BCUT2D eigenvalue weighted by Crippen LogP contribution is -2.29. The molecule has 5 heteroatoms. The Morgan fingerprint density at radius 2 is 1.50 bits per heavy atom. The molecule has 0 atom stereocenters. The van der Waals surface area contributed by atoms with Gasteiger partial charge in [-0.2, -0.15) is 0 Å². The maximum Gasteiger partial charge on any atom is 0.258 e. The van der Waals surface area contributed by atoms with Gasteiger partial charge in [0.05, 0.1) is 5.69 Å². The Kier molecular flexibility index (Phi) is 3.55. The van der Waals surface area contributed by atoms with Gasteiger partial charge in [0, 0.05) is 12.2 Å². The maximum atomic E-state index is 11.2. The first-order valence-electron chi connectivity index (χ1n) is 4.33. The maximum absolute atomic E-state index is 11.2. The minimum absolute atomic E-state index is 0.0853. The molecule has 0 aliphatic carbocycles. The minimum atomic E-state index is -0.434. The van der Waals surface area contributed by atoms with E-state index in [0.717, 1.165) is 4.90 Å². The molecular formula is C11H9NO4. The molecule has 0 radical (unpaired) electrons. The van der Waals surface area contributed by atoms with Crippen LogP contribution in [0.25, 0.3) is 0 Å². The van der Waals surface area contributed by atoms with Crippen LogP contribution in [0, 0.1) is 0 Å². The van der Waals surface area contributed by atoms with Gasteiger partial charge >= 0.3 is 0 Å². The van der Waals surface area contributed by atoms with Crippen LogP contribution in [0.4, 0.5) is 5.69 Å². The smallest absolute Gasteiger partial charge is 0.258 e. The van der Waals surface area contributed by atoms with Crippen molar-refractivity contribution >= 4 is 24.3 Å². The van der Waals surface area contributed by atoms with Gasteiger partial charge in [-0.15, -0.1) is 0 Å². The van der Waals surface area contributed by atoms with E-state index in [1.165, 1.54) is 24.3 Å². The molecule has 2 rings (SSSR count). The van der Waals surface area contributed by atoms with E-state index in [1.807, 2.05) is 6.79 Å². The number of hydrogen-bond acceptors (Lipinski definition) is 4. The molecule has 1 heterocycles. The first kappa shape index (κ1) is 11.6. The van der Waals surface area contributed by atoms with Crippen molar-refractivity contribution in [3.63, 3.8) is 0 Å². The Morgan fingerprint density at radius 1 is 1.00 bits per heavy atom. The van der Waals surface area contributed by atoms with E-state index in [9.17, 15) is 14.7 Å². The molecule has 1 N–H and O–H groups in total. The van der Waals surface area contributed by atoms with Crippen LogP contribution in [-0.2, 0) is 14.4 Å². The number of amides is 2. The molecule has 0 saturated carbocycles. The Labute approximate surface area is 91.6 Å². The number of rotatable bonds is 1. The second kappa shape index (κ2) is 4.88. The number of para-hydroxylation sites is 2. The van der Waals surface area contributed by atoms with E-state index in [4.69, 9.17) is 4.79 Å². The predicted molar refractivity (Wildman–Crippen MR) is 56.9 cm³/mol. The fraction of sp³-hybridized carbons (Fsp3) is 0. The summed E-state index contributed by atoms with van der Waals surface area (Å²) in [4.78, 5) is 31.4. The summed E-state index contributed by atoms with van der Waals surface area (Å²) in [5, 5.41) is 9.43. The van der Waals surface area contributed by atoms with E-state index in [2.05, 4.69) is 0 Å². The van der Waals surface area contributed by atoms with Crippen molar-refractivity contribution in [3.05, 3.63) is 36.4 Å². The van der Waals surface area contributed by atoms with Gasteiger partial charge in [-0.1, -0.05) is 12.1 Å². The number of imide groups is 1. The van der Waals surface area contributed by atoms with E-state index in [1.54, 1.807) is 12.1 Å². The second-order valence-corrected chi connectivity index (χ2v) is 2.83. The summed E-state index contributed by atoms with van der Waals surface area (Å²) in [6, 6.07) is 6.21. The molecule has 0 unspecified atom stereocenters. The highest BCUT2D eigenvalue weighted by Crippen LogP contribution is 2.28. The number of aromatic hydroxyl groups is 1. The highest BCUT2D eigenvalue weighted by Gasteiger charge is 2.26. The fourth-order valence-electron chi connectivity index (χ4n) is 1.29. The van der Waals surface area contributed by atoms with E-state index in [0.29, 0.717) is 0 Å². The summed E-state index contributed by atoms with van der Waals surface area (Å²) in [7, 11) is 0. The summed E-state index contributed by atoms with van der Waals surface area (Å²) in [6.07, 6.45) is 2.35. The van der Waals surface area contributed by atoms with Crippen molar-refractivity contribution in [1.82, 2.24) is 0 Å². The second-order valence-electron chi connectivity index (χ2n) is 2.83. The molecule has 1 aromatic carbocycles. The van der Waals surface area contributed by atoms with Crippen LogP contribution < -0.4 is 4.90 Å². The van der Waals surface area contributed by atoms with Gasteiger partial charge in [-0.05, 0) is 12.1 Å². The van der Waals surface area contributed by atoms with Gasteiger partial charge in [0.15, 0.2) is 0 Å². The summed E-state index contributed by atoms with van der Waals surface area (Å²) in [6.45, 7) is 2.00. The molecular weight excluding hydrogens is 210 g/mol. The Hall–Kier alpha value is -2.43. The van der Waals surface area contributed by atoms with Crippen molar-refractivity contribution in [1.29, 1.82) is 0 Å². The van der Waals surface area contributed by atoms with Gasteiger partial charge < -0.3 is 9.90 Å². The quantitative estimate of drug-likeness (QED) is 0.703. The number of hydrogen-bond donors (Lipinski definition) is 1. The highest BCUT2D eigenvalue weighted by molar-refractivity contribution is 6.28. The zero-order chi connectivity index (χ0) is 12.1. The first-order chi connectivity index (χ1) is 7.70. The molecule has 1 aliphatic rings. The first-order valence-corrected chi connectivity index (χ1v) is 4.33. The molecule has 0 bridgehead atoms. The zero-order valence-electron chi connectivity index (χ0n) is 8.29. The number of anilines is 1. The normalized spacial score (nSPS) is 13.6. The molecule has 1 aliphatic heterocycles. The number of carbonyl (C=O) groups is 3. The van der Waals surface area contributed by atoms with Gasteiger partial charge in [0.25, 0.3) is 11.8 Å². The van der Waals surface area contributed by atoms with Crippen LogP contribution in [0.1, 0.15) is 0 Å². The lowest BCUT2D eigenvalue weighted by Gasteiger charge is -2.14. The van der Waals surface area contributed by atoms with Crippen LogP contribution >= 0.6 is 0 Å². The predicted octanol–water partition coefficient (Wildman–Crippen LogP) is 0.637. The largest absolute Gasteiger partial charge is 0.506 e. The average molecular weight is 219 g/mol. The third kappa shape index (κ3) is 1.98. The molecule has 0 fully saturated rings. The molecule has 1 aromatic rings. The third-order valence-corrected chi connectivity index (χ3v) is 1.93. The number of benzene rings is 1. The number of nitrogens with zero attached hydrogens (tertiary/aromatic N) is 1. The van der Waals surface area contributed by atoms with Gasteiger partial charge in [0.1, 0.15) is 12.5 Å². The minimum Gasteiger partial charge on any atom is -0.506 e. The van der Waals surface area contributed by atoms with Crippen molar-refractivity contribution < 1.29 is 19.5 Å². The Balaban J connectivity index is 0.000000606. The SMILES string of the molecule is C=O.O=C1C=CC(=O)N1c1ccccc1O. The van der Waals surface area contributed by atoms with Crippen molar-refractivity contribution in [3.8, 4) is 5.75 Å². The van der Waals surface area contributed by atoms with E-state index >= 15 is 0 Å². The molecule has 0 aromatic heterocycles. The molecule has 2 amide bonds. The number of phenols is 1. The molecule has 82 valence electrons. The Morgan fingerprint density at radius 3 is 2.00 bits per heavy atom. The van der Waals surface area contributed by atoms with Crippen molar-refractivity contribution in [2.75, 3.05) is 4.90 Å². The van der Waals surface area contributed by atoms with Crippen molar-refractivity contribution in [2.45, 2.75) is 0 Å². The molecule has 16 heavy (non-hydrogen) atoms. The van der Waals surface area contributed by atoms with Crippen LogP contribution in [0.15, 0.2) is 36.4 Å². The summed E-state index contributed by atoms with van der Waals surface area (Å²) in [5.74, 6) is -0.953. The summed E-state index contributed by atoms with van der Waals surface area (Å²) in [5.41, 5.74) is 0.215. The molecule has 0 spiro atoms. The standard InChI is InChI=1S/C10H7NO3.CH2O/c12-8-4-2-1-3-7(8)11-9(13)5-6-10(11)14;1-2/h1-6,12H;1H2. The van der Waals surface area contributed by atoms with Crippen LogP contribution in [0.2, 0.25) is 0 Å². The third-order valence-electron chi connectivity index (χ3n) is 1.93. The molecule has 5 nitrogen and oxygen atoms in total. The van der Waals surface area contributed by atoms with Crippen LogP contribution in [0.5, 0.6) is 5.75 Å². The average Bonchev–Trinajstić information content (AvgIpc) is 2.63. The molecule has 0 saturated heterocycles. The number of phenolic OH excluding ortho intramolecular Hbond substituents is 1. The number of carbonyl (C=O) groups excluding carboxylic acids is 3. The van der Waals surface area contributed by atoms with E-state index < -0.39 is 11.8 Å². The van der Waals surface area contributed by atoms with Gasteiger partial charge in [-0.25, -0.2) is 4.90 Å². The van der Waals surface area contributed by atoms with Crippen LogP contribution in [0.3, 0.4) is 0 Å². The lowest BCUT2D eigenvalue weighted by atomic mass is 10.2. The van der Waals surface area contributed by atoms with Gasteiger partial charge in [-0.3, -0.25) is 9.59 Å². The van der Waals surface area contributed by atoms with E-state index in [-0.39, 0.29) is 11.4 Å². The van der Waals surface area contributed by atoms with Crippen molar-refractivity contribution in [2.24, 2.45) is 0 Å². The lowest BCUT2D eigenvalue weighted by molar-refractivity contribution is -0.120. The summed E-state index contributed by atoms with van der Waals surface area (Å²) >= 11 is 0.